The highest BCUT2D eigenvalue weighted by Crippen LogP contribution is 2.27. The Morgan fingerprint density at radius 2 is 2.29 bits per heavy atom. The van der Waals surface area contributed by atoms with E-state index in [9.17, 15) is 4.79 Å². The van der Waals surface area contributed by atoms with Gasteiger partial charge in [-0.15, -0.1) is 0 Å². The Labute approximate surface area is 123 Å². The van der Waals surface area contributed by atoms with Crippen molar-refractivity contribution in [3.63, 3.8) is 0 Å². The molecule has 1 N–H and O–H groups in total. The van der Waals surface area contributed by atoms with Crippen molar-refractivity contribution in [3.8, 4) is 0 Å². The third kappa shape index (κ3) is 2.91. The van der Waals surface area contributed by atoms with Crippen molar-refractivity contribution in [3.05, 3.63) is 47.3 Å². The van der Waals surface area contributed by atoms with E-state index in [1.807, 2.05) is 0 Å². The Bertz CT molecular complexity index is 636. The van der Waals surface area contributed by atoms with Gasteiger partial charge < -0.3 is 14.7 Å². The van der Waals surface area contributed by atoms with Gasteiger partial charge >= 0.3 is 0 Å². The highest BCUT2D eigenvalue weighted by Gasteiger charge is 2.17. The van der Waals surface area contributed by atoms with Crippen LogP contribution in [0.1, 0.15) is 28.1 Å². The van der Waals surface area contributed by atoms with Gasteiger partial charge in [-0.3, -0.25) is 4.79 Å². The first kappa shape index (κ1) is 13.7. The summed E-state index contributed by atoms with van der Waals surface area (Å²) in [6.45, 7) is 4.42. The molecule has 0 aliphatic carbocycles. The number of carbonyl (C=O) groups is 1. The van der Waals surface area contributed by atoms with Crippen LogP contribution in [-0.2, 0) is 6.42 Å². The second-order valence-electron chi connectivity index (χ2n) is 5.27. The van der Waals surface area contributed by atoms with Gasteiger partial charge in [-0.2, -0.15) is 0 Å². The van der Waals surface area contributed by atoms with E-state index in [4.69, 9.17) is 4.52 Å². The molecule has 5 nitrogen and oxygen atoms in total. The van der Waals surface area contributed by atoms with E-state index < -0.39 is 0 Å². The zero-order valence-electron chi connectivity index (χ0n) is 12.1. The number of carbonyl (C=O) groups excluding carboxylic acids is 1. The standard InChI is InChI=1S/C16H19N3O2/c1-12-14(11-18-21-12)16(20)17-8-4-9-19-10-7-13-5-2-3-6-15(13)19/h2-3,5-6,11H,4,7-10H2,1H3,(H,17,20). The second kappa shape index (κ2) is 5.99. The average Bonchev–Trinajstić information content (AvgIpc) is 3.10. The van der Waals surface area contributed by atoms with Crippen LogP contribution in [0, 0.1) is 6.92 Å². The Balaban J connectivity index is 1.45. The monoisotopic (exact) mass is 285 g/mol. The minimum atomic E-state index is -0.115. The number of nitrogens with one attached hydrogen (secondary N) is 1. The number of anilines is 1. The molecule has 1 aliphatic heterocycles. The Hall–Kier alpha value is -2.30. The molecule has 2 aromatic rings. The highest BCUT2D eigenvalue weighted by atomic mass is 16.5. The molecule has 0 atom stereocenters. The maximum atomic E-state index is 11.9. The van der Waals surface area contributed by atoms with E-state index in [1.165, 1.54) is 17.4 Å². The fourth-order valence-electron chi connectivity index (χ4n) is 2.72. The molecule has 1 aromatic heterocycles. The van der Waals surface area contributed by atoms with E-state index in [2.05, 4.69) is 39.6 Å². The summed E-state index contributed by atoms with van der Waals surface area (Å²) in [5, 5.41) is 6.52. The third-order valence-corrected chi connectivity index (χ3v) is 3.87. The summed E-state index contributed by atoms with van der Waals surface area (Å²) in [6, 6.07) is 8.52. The summed E-state index contributed by atoms with van der Waals surface area (Å²) in [5.41, 5.74) is 3.27. The predicted octanol–water partition coefficient (Wildman–Crippen LogP) is 2.17. The van der Waals surface area contributed by atoms with Gasteiger partial charge in [0, 0.05) is 25.3 Å². The lowest BCUT2D eigenvalue weighted by Crippen LogP contribution is -2.29. The van der Waals surface area contributed by atoms with Crippen LogP contribution in [0.3, 0.4) is 0 Å². The third-order valence-electron chi connectivity index (χ3n) is 3.87. The van der Waals surface area contributed by atoms with Crippen molar-refractivity contribution >= 4 is 11.6 Å². The van der Waals surface area contributed by atoms with Crippen molar-refractivity contribution in [2.75, 3.05) is 24.5 Å². The lowest BCUT2D eigenvalue weighted by Gasteiger charge is -2.19. The van der Waals surface area contributed by atoms with Gasteiger partial charge in [-0.25, -0.2) is 0 Å². The molecule has 0 radical (unpaired) electrons. The van der Waals surface area contributed by atoms with E-state index in [0.29, 0.717) is 17.9 Å². The molecule has 0 bridgehead atoms. The largest absolute Gasteiger partial charge is 0.371 e. The summed E-state index contributed by atoms with van der Waals surface area (Å²) < 4.78 is 4.89. The number of rotatable bonds is 5. The summed E-state index contributed by atoms with van der Waals surface area (Å²) >= 11 is 0. The molecule has 3 rings (SSSR count). The normalized spacial score (nSPS) is 13.3. The highest BCUT2D eigenvalue weighted by molar-refractivity contribution is 5.94. The first-order valence-corrected chi connectivity index (χ1v) is 7.28. The van der Waals surface area contributed by atoms with Gasteiger partial charge in [-0.05, 0) is 31.4 Å². The van der Waals surface area contributed by atoms with Crippen LogP contribution in [0.25, 0.3) is 0 Å². The molecule has 110 valence electrons. The van der Waals surface area contributed by atoms with Gasteiger partial charge in [0.1, 0.15) is 11.3 Å². The quantitative estimate of drug-likeness (QED) is 0.855. The first-order valence-electron chi connectivity index (χ1n) is 7.28. The van der Waals surface area contributed by atoms with Crippen LogP contribution in [0.2, 0.25) is 0 Å². The molecule has 0 unspecified atom stereocenters. The molecule has 0 saturated heterocycles. The topological polar surface area (TPSA) is 58.4 Å². The summed E-state index contributed by atoms with van der Waals surface area (Å²) in [6.07, 6.45) is 3.49. The van der Waals surface area contributed by atoms with Gasteiger partial charge in [-0.1, -0.05) is 23.4 Å². The minimum absolute atomic E-state index is 0.115. The zero-order valence-corrected chi connectivity index (χ0v) is 12.1. The van der Waals surface area contributed by atoms with Crippen molar-refractivity contribution in [2.45, 2.75) is 19.8 Å². The van der Waals surface area contributed by atoms with Gasteiger partial charge in [0.15, 0.2) is 0 Å². The number of amides is 1. The number of hydrogen-bond donors (Lipinski definition) is 1. The van der Waals surface area contributed by atoms with Gasteiger partial charge in [0.05, 0.1) is 6.20 Å². The number of hydrogen-bond acceptors (Lipinski definition) is 4. The lowest BCUT2D eigenvalue weighted by molar-refractivity contribution is 0.0952. The number of para-hydroxylation sites is 1. The minimum Gasteiger partial charge on any atom is -0.371 e. The lowest BCUT2D eigenvalue weighted by atomic mass is 10.2. The van der Waals surface area contributed by atoms with Crippen LogP contribution in [0.4, 0.5) is 5.69 Å². The summed E-state index contributed by atoms with van der Waals surface area (Å²) in [5.74, 6) is 0.441. The zero-order chi connectivity index (χ0) is 14.7. The van der Waals surface area contributed by atoms with Crippen molar-refractivity contribution in [1.29, 1.82) is 0 Å². The smallest absolute Gasteiger partial charge is 0.256 e. The number of aromatic nitrogens is 1. The molecule has 21 heavy (non-hydrogen) atoms. The van der Waals surface area contributed by atoms with Crippen LogP contribution in [0.5, 0.6) is 0 Å². The summed E-state index contributed by atoms with van der Waals surface area (Å²) in [4.78, 5) is 14.3. The van der Waals surface area contributed by atoms with Crippen molar-refractivity contribution in [1.82, 2.24) is 10.5 Å². The van der Waals surface area contributed by atoms with Crippen molar-refractivity contribution < 1.29 is 9.32 Å². The SMILES string of the molecule is Cc1oncc1C(=O)NCCCN1CCc2ccccc21. The maximum absolute atomic E-state index is 11.9. The summed E-state index contributed by atoms with van der Waals surface area (Å²) in [7, 11) is 0. The molecule has 0 fully saturated rings. The second-order valence-corrected chi connectivity index (χ2v) is 5.27. The van der Waals surface area contributed by atoms with E-state index in [-0.39, 0.29) is 5.91 Å². The predicted molar refractivity (Wildman–Crippen MR) is 80.5 cm³/mol. The Morgan fingerprint density at radius 3 is 3.10 bits per heavy atom. The molecular weight excluding hydrogens is 266 g/mol. The van der Waals surface area contributed by atoms with Crippen LogP contribution >= 0.6 is 0 Å². The van der Waals surface area contributed by atoms with Crippen LogP contribution in [-0.4, -0.2) is 30.7 Å². The maximum Gasteiger partial charge on any atom is 0.256 e. The van der Waals surface area contributed by atoms with Gasteiger partial charge in [0.2, 0.25) is 0 Å². The fourth-order valence-corrected chi connectivity index (χ4v) is 2.72. The first-order chi connectivity index (χ1) is 10.3. The molecule has 5 heteroatoms. The molecule has 1 aromatic carbocycles. The fraction of sp³-hybridized carbons (Fsp3) is 0.375. The molecule has 0 spiro atoms. The van der Waals surface area contributed by atoms with E-state index in [0.717, 1.165) is 25.9 Å². The molecule has 1 aliphatic rings. The van der Waals surface area contributed by atoms with Crippen LogP contribution in [0.15, 0.2) is 35.0 Å². The number of nitrogens with zero attached hydrogens (tertiary/aromatic N) is 2. The molecule has 1 amide bonds. The van der Waals surface area contributed by atoms with E-state index in [1.54, 1.807) is 6.92 Å². The Kier molecular flexibility index (Phi) is 3.90. The number of fused-ring (bicyclic) bond motifs is 1. The van der Waals surface area contributed by atoms with E-state index >= 15 is 0 Å². The molecule has 2 heterocycles. The average molecular weight is 285 g/mol. The Morgan fingerprint density at radius 1 is 1.43 bits per heavy atom. The van der Waals surface area contributed by atoms with Crippen molar-refractivity contribution in [2.24, 2.45) is 0 Å². The molecular formula is C16H19N3O2. The van der Waals surface area contributed by atoms with Crippen LogP contribution < -0.4 is 10.2 Å². The number of aryl methyl sites for hydroxylation is 1. The van der Waals surface area contributed by atoms with Gasteiger partial charge in [0.25, 0.3) is 5.91 Å². The molecule has 0 saturated carbocycles. The number of benzene rings is 1.